The van der Waals surface area contributed by atoms with Crippen molar-refractivity contribution in [2.24, 2.45) is 0 Å². The monoisotopic (exact) mass is 396 g/mol. The Balaban J connectivity index is 2.10. The van der Waals surface area contributed by atoms with Crippen LogP contribution in [0.5, 0.6) is 0 Å². The molecule has 1 aliphatic rings. The van der Waals surface area contributed by atoms with Crippen LogP contribution in [0.25, 0.3) is 11.6 Å². The Morgan fingerprint density at radius 3 is 2.75 bits per heavy atom. The number of nitrogens with zero attached hydrogens (tertiary/aromatic N) is 2. The van der Waals surface area contributed by atoms with Gasteiger partial charge in [0.15, 0.2) is 0 Å². The summed E-state index contributed by atoms with van der Waals surface area (Å²) in [6, 6.07) is 12.8. The molecule has 1 aliphatic heterocycles. The molecule has 0 bridgehead atoms. The molecule has 0 saturated heterocycles. The predicted molar refractivity (Wildman–Crippen MR) is 116 cm³/mol. The standard InChI is InChI=1S/C24H26ClFN2/c1-5-9-28-23-13-22(26)18(12-21(23)16(2)14-24(28,3)4)10-19(15-27)17-7-6-8-20(25)11-17/h6-8,10-13,16H,5,9,14H2,1-4H3/b19-10+. The molecule has 4 heteroatoms. The fourth-order valence-corrected chi connectivity index (χ4v) is 4.46. The Kier molecular flexibility index (Phi) is 5.82. The molecule has 0 saturated carbocycles. The summed E-state index contributed by atoms with van der Waals surface area (Å²) in [5, 5.41) is 10.2. The van der Waals surface area contributed by atoms with Crippen molar-refractivity contribution in [3.05, 3.63) is 63.9 Å². The van der Waals surface area contributed by atoms with Gasteiger partial charge < -0.3 is 4.90 Å². The molecule has 3 rings (SSSR count). The number of benzene rings is 2. The largest absolute Gasteiger partial charge is 0.366 e. The first-order chi connectivity index (χ1) is 13.3. The van der Waals surface area contributed by atoms with Gasteiger partial charge in [-0.15, -0.1) is 0 Å². The highest BCUT2D eigenvalue weighted by molar-refractivity contribution is 6.30. The SMILES string of the molecule is CCCN1c2cc(F)c(/C=C(\C#N)c3cccc(Cl)c3)cc2C(C)CC1(C)C. The fraction of sp³-hybridized carbons (Fsp3) is 0.375. The van der Waals surface area contributed by atoms with Crippen molar-refractivity contribution in [2.75, 3.05) is 11.4 Å². The summed E-state index contributed by atoms with van der Waals surface area (Å²) in [6.45, 7) is 9.68. The summed E-state index contributed by atoms with van der Waals surface area (Å²) < 4.78 is 15.1. The third kappa shape index (κ3) is 3.93. The molecule has 0 radical (unpaired) electrons. The maximum atomic E-state index is 15.1. The van der Waals surface area contributed by atoms with Gasteiger partial charge in [-0.3, -0.25) is 0 Å². The lowest BCUT2D eigenvalue weighted by Crippen LogP contribution is -2.48. The van der Waals surface area contributed by atoms with Crippen LogP contribution in [0, 0.1) is 17.1 Å². The zero-order valence-electron chi connectivity index (χ0n) is 16.9. The summed E-state index contributed by atoms with van der Waals surface area (Å²) >= 11 is 6.05. The van der Waals surface area contributed by atoms with Crippen molar-refractivity contribution in [1.82, 2.24) is 0 Å². The van der Waals surface area contributed by atoms with E-state index in [-0.39, 0.29) is 11.4 Å². The first kappa shape index (κ1) is 20.4. The van der Waals surface area contributed by atoms with Crippen LogP contribution >= 0.6 is 11.6 Å². The molecule has 146 valence electrons. The van der Waals surface area contributed by atoms with Crippen LogP contribution in [0.2, 0.25) is 5.02 Å². The Labute approximate surface area is 172 Å². The fourth-order valence-electron chi connectivity index (χ4n) is 4.27. The number of hydrogen-bond donors (Lipinski definition) is 0. The first-order valence-corrected chi connectivity index (χ1v) is 10.1. The van der Waals surface area contributed by atoms with E-state index >= 15 is 4.39 Å². The summed E-state index contributed by atoms with van der Waals surface area (Å²) in [7, 11) is 0. The number of halogens is 2. The van der Waals surface area contributed by atoms with Gasteiger partial charge in [-0.05, 0) is 74.1 Å². The molecule has 2 nitrogen and oxygen atoms in total. The molecule has 0 fully saturated rings. The molecule has 2 aromatic rings. The Morgan fingerprint density at radius 2 is 2.11 bits per heavy atom. The van der Waals surface area contributed by atoms with E-state index in [2.05, 4.69) is 38.7 Å². The smallest absolute Gasteiger partial charge is 0.132 e. The van der Waals surface area contributed by atoms with Gasteiger partial charge in [0.1, 0.15) is 5.82 Å². The zero-order valence-corrected chi connectivity index (χ0v) is 17.6. The second kappa shape index (κ2) is 7.97. The van der Waals surface area contributed by atoms with E-state index in [1.54, 1.807) is 30.3 Å². The van der Waals surface area contributed by atoms with Crippen molar-refractivity contribution in [2.45, 2.75) is 52.0 Å². The Hall–Kier alpha value is -2.31. The van der Waals surface area contributed by atoms with Crippen LogP contribution in [-0.4, -0.2) is 12.1 Å². The quantitative estimate of drug-likeness (QED) is 0.409. The molecule has 0 spiro atoms. The van der Waals surface area contributed by atoms with Gasteiger partial charge in [0.25, 0.3) is 0 Å². The molecule has 28 heavy (non-hydrogen) atoms. The van der Waals surface area contributed by atoms with Crippen molar-refractivity contribution in [1.29, 1.82) is 5.26 Å². The van der Waals surface area contributed by atoms with Gasteiger partial charge in [-0.1, -0.05) is 37.6 Å². The number of nitriles is 1. The average molecular weight is 397 g/mol. The van der Waals surface area contributed by atoms with Crippen LogP contribution in [0.1, 0.15) is 63.1 Å². The summed E-state index contributed by atoms with van der Waals surface area (Å²) in [5.74, 6) is 0.0158. The number of anilines is 1. The van der Waals surface area contributed by atoms with Gasteiger partial charge in [0.2, 0.25) is 0 Å². The molecule has 0 aromatic heterocycles. The number of fused-ring (bicyclic) bond motifs is 1. The van der Waals surface area contributed by atoms with Gasteiger partial charge in [-0.2, -0.15) is 5.26 Å². The number of hydrogen-bond acceptors (Lipinski definition) is 2. The first-order valence-electron chi connectivity index (χ1n) is 9.75. The van der Waals surface area contributed by atoms with Crippen LogP contribution in [0.15, 0.2) is 36.4 Å². The number of rotatable bonds is 4. The summed E-state index contributed by atoms with van der Waals surface area (Å²) in [5.41, 5.74) is 3.64. The third-order valence-electron chi connectivity index (χ3n) is 5.51. The van der Waals surface area contributed by atoms with E-state index in [0.717, 1.165) is 30.6 Å². The van der Waals surface area contributed by atoms with Crippen LogP contribution in [0.4, 0.5) is 10.1 Å². The van der Waals surface area contributed by atoms with Crippen molar-refractivity contribution in [3.8, 4) is 6.07 Å². The van der Waals surface area contributed by atoms with E-state index in [1.165, 1.54) is 0 Å². The zero-order chi connectivity index (χ0) is 20.5. The number of allylic oxidation sites excluding steroid dienone is 1. The van der Waals surface area contributed by atoms with Crippen molar-refractivity contribution < 1.29 is 4.39 Å². The molecular weight excluding hydrogens is 371 g/mol. The minimum absolute atomic E-state index is 0.00910. The van der Waals surface area contributed by atoms with E-state index in [9.17, 15) is 5.26 Å². The van der Waals surface area contributed by atoms with Crippen molar-refractivity contribution in [3.63, 3.8) is 0 Å². The van der Waals surface area contributed by atoms with Crippen LogP contribution < -0.4 is 4.90 Å². The molecular formula is C24H26ClFN2. The van der Waals surface area contributed by atoms with Gasteiger partial charge in [0, 0.05) is 28.4 Å². The molecule has 0 N–H and O–H groups in total. The van der Waals surface area contributed by atoms with Crippen LogP contribution in [-0.2, 0) is 0 Å². The molecule has 0 aliphatic carbocycles. The van der Waals surface area contributed by atoms with E-state index in [0.29, 0.717) is 27.6 Å². The average Bonchev–Trinajstić information content (AvgIpc) is 2.63. The summed E-state index contributed by atoms with van der Waals surface area (Å²) in [4.78, 5) is 2.32. The minimum Gasteiger partial charge on any atom is -0.366 e. The van der Waals surface area contributed by atoms with E-state index < -0.39 is 0 Å². The molecule has 1 unspecified atom stereocenters. The van der Waals surface area contributed by atoms with Gasteiger partial charge in [-0.25, -0.2) is 4.39 Å². The Bertz CT molecular complexity index is 956. The highest BCUT2D eigenvalue weighted by Crippen LogP contribution is 2.44. The third-order valence-corrected chi connectivity index (χ3v) is 5.74. The van der Waals surface area contributed by atoms with E-state index in [1.807, 2.05) is 12.1 Å². The van der Waals surface area contributed by atoms with E-state index in [4.69, 9.17) is 11.6 Å². The lowest BCUT2D eigenvalue weighted by Gasteiger charge is -2.47. The molecule has 0 amide bonds. The normalized spacial score (nSPS) is 18.5. The highest BCUT2D eigenvalue weighted by atomic mass is 35.5. The highest BCUT2D eigenvalue weighted by Gasteiger charge is 2.36. The summed E-state index contributed by atoms with van der Waals surface area (Å²) in [6.07, 6.45) is 3.64. The predicted octanol–water partition coefficient (Wildman–Crippen LogP) is 7.05. The lowest BCUT2D eigenvalue weighted by atomic mass is 9.79. The van der Waals surface area contributed by atoms with Gasteiger partial charge in [0.05, 0.1) is 11.6 Å². The minimum atomic E-state index is -0.306. The molecule has 1 atom stereocenters. The molecule has 1 heterocycles. The van der Waals surface area contributed by atoms with Gasteiger partial charge >= 0.3 is 0 Å². The maximum absolute atomic E-state index is 15.1. The molecule has 2 aromatic carbocycles. The maximum Gasteiger partial charge on any atom is 0.132 e. The topological polar surface area (TPSA) is 27.0 Å². The second-order valence-electron chi connectivity index (χ2n) is 8.18. The Morgan fingerprint density at radius 1 is 1.36 bits per heavy atom. The second-order valence-corrected chi connectivity index (χ2v) is 8.62. The van der Waals surface area contributed by atoms with Crippen molar-refractivity contribution >= 4 is 28.9 Å². The van der Waals surface area contributed by atoms with Crippen LogP contribution in [0.3, 0.4) is 0 Å². The lowest BCUT2D eigenvalue weighted by molar-refractivity contribution is 0.375.